The van der Waals surface area contributed by atoms with Crippen LogP contribution in [0.5, 0.6) is 0 Å². The van der Waals surface area contributed by atoms with E-state index in [-0.39, 0.29) is 0 Å². The van der Waals surface area contributed by atoms with Crippen molar-refractivity contribution in [1.29, 1.82) is 0 Å². The van der Waals surface area contributed by atoms with E-state index in [9.17, 15) is 8.42 Å². The van der Waals surface area contributed by atoms with Crippen LogP contribution in [0.3, 0.4) is 0 Å². The number of sulfonamides is 1. The van der Waals surface area contributed by atoms with Crippen molar-refractivity contribution in [3.8, 4) is 0 Å². The van der Waals surface area contributed by atoms with Gasteiger partial charge in [-0.15, -0.1) is 0 Å². The van der Waals surface area contributed by atoms with E-state index in [1.165, 1.54) is 39.1 Å². The summed E-state index contributed by atoms with van der Waals surface area (Å²) in [5.74, 6) is 1.47. The SMILES string of the molecule is Cc1ccc(S(=O)(=O)NC[C@@H]2C[C@H]3CCN2C[C@@H]3CN2CCN(C)CC2)cc1. The molecule has 0 aromatic heterocycles. The highest BCUT2D eigenvalue weighted by Gasteiger charge is 2.40. The first kappa shape index (κ1) is 20.3. The van der Waals surface area contributed by atoms with Crippen molar-refractivity contribution in [3.05, 3.63) is 29.8 Å². The molecule has 0 spiro atoms. The number of hydrogen-bond acceptors (Lipinski definition) is 5. The lowest BCUT2D eigenvalue weighted by Crippen LogP contribution is -2.59. The summed E-state index contributed by atoms with van der Waals surface area (Å²) >= 11 is 0. The van der Waals surface area contributed by atoms with E-state index in [1.54, 1.807) is 12.1 Å². The van der Waals surface area contributed by atoms with E-state index in [4.69, 9.17) is 0 Å². The van der Waals surface area contributed by atoms with E-state index < -0.39 is 10.0 Å². The Morgan fingerprint density at radius 1 is 1.07 bits per heavy atom. The fraction of sp³-hybridized carbons (Fsp3) is 0.714. The maximum atomic E-state index is 12.6. The highest BCUT2D eigenvalue weighted by atomic mass is 32.2. The lowest BCUT2D eigenvalue weighted by molar-refractivity contribution is -0.0149. The Bertz CT molecular complexity index is 759. The van der Waals surface area contributed by atoms with Crippen molar-refractivity contribution < 1.29 is 8.42 Å². The number of fused-ring (bicyclic) bond motifs is 3. The van der Waals surface area contributed by atoms with Gasteiger partial charge in [0.2, 0.25) is 10.0 Å². The van der Waals surface area contributed by atoms with E-state index in [1.807, 2.05) is 19.1 Å². The number of rotatable bonds is 6. The van der Waals surface area contributed by atoms with E-state index in [0.717, 1.165) is 36.9 Å². The molecule has 4 heterocycles. The number of aryl methyl sites for hydroxylation is 1. The smallest absolute Gasteiger partial charge is 0.240 e. The molecule has 0 aliphatic carbocycles. The van der Waals surface area contributed by atoms with E-state index >= 15 is 0 Å². The molecule has 0 saturated carbocycles. The fourth-order valence-corrected chi connectivity index (χ4v) is 6.11. The standard InChI is InChI=1S/C21H34N4O2S/c1-17-3-5-21(6-4-17)28(26,27)22-14-20-13-18-7-8-25(20)16-19(18)15-24-11-9-23(2)10-12-24/h3-6,18-20,22H,7-16H2,1-2H3/t18-,19+,20+/m1/s1. The number of nitrogens with one attached hydrogen (secondary N) is 1. The zero-order valence-corrected chi connectivity index (χ0v) is 18.0. The predicted octanol–water partition coefficient (Wildman–Crippen LogP) is 1.23. The molecule has 4 aliphatic rings. The minimum absolute atomic E-state index is 0.336. The monoisotopic (exact) mass is 406 g/mol. The molecule has 6 nitrogen and oxygen atoms in total. The molecular formula is C21H34N4O2S. The third kappa shape index (κ3) is 4.60. The summed E-state index contributed by atoms with van der Waals surface area (Å²) in [6.07, 6.45) is 2.38. The maximum Gasteiger partial charge on any atom is 0.240 e. The molecule has 5 rings (SSSR count). The highest BCUT2D eigenvalue weighted by molar-refractivity contribution is 7.89. The molecule has 0 radical (unpaired) electrons. The van der Waals surface area contributed by atoms with Crippen LogP contribution in [0.25, 0.3) is 0 Å². The van der Waals surface area contributed by atoms with Gasteiger partial charge < -0.3 is 9.80 Å². The first-order valence-corrected chi connectivity index (χ1v) is 12.1. The van der Waals surface area contributed by atoms with Crippen molar-refractivity contribution >= 4 is 10.0 Å². The van der Waals surface area contributed by atoms with E-state index in [2.05, 4.69) is 26.5 Å². The van der Waals surface area contributed by atoms with Crippen molar-refractivity contribution in [1.82, 2.24) is 19.4 Å². The molecule has 0 amide bonds. The quantitative estimate of drug-likeness (QED) is 0.770. The van der Waals surface area contributed by atoms with Crippen LogP contribution in [0, 0.1) is 18.8 Å². The summed E-state index contributed by atoms with van der Waals surface area (Å²) in [5, 5.41) is 0. The molecule has 1 N–H and O–H groups in total. The number of likely N-dealkylation sites (N-methyl/N-ethyl adjacent to an activating group) is 1. The van der Waals surface area contributed by atoms with Gasteiger partial charge in [-0.3, -0.25) is 4.90 Å². The Balaban J connectivity index is 1.30. The molecule has 1 aromatic rings. The third-order valence-electron chi connectivity index (χ3n) is 6.94. The lowest BCUT2D eigenvalue weighted by Gasteiger charge is -2.51. The maximum absolute atomic E-state index is 12.6. The number of piperazine rings is 1. The summed E-state index contributed by atoms with van der Waals surface area (Å²) in [6.45, 7) is 10.6. The first-order valence-electron chi connectivity index (χ1n) is 10.6. The Kier molecular flexibility index (Phi) is 6.09. The van der Waals surface area contributed by atoms with Gasteiger partial charge in [0, 0.05) is 51.9 Å². The Morgan fingerprint density at radius 3 is 2.43 bits per heavy atom. The van der Waals surface area contributed by atoms with Gasteiger partial charge in [0.25, 0.3) is 0 Å². The highest BCUT2D eigenvalue weighted by Crippen LogP contribution is 2.36. The minimum atomic E-state index is -3.42. The van der Waals surface area contributed by atoms with Gasteiger partial charge in [-0.2, -0.15) is 0 Å². The van der Waals surface area contributed by atoms with Crippen LogP contribution in [0.4, 0.5) is 0 Å². The van der Waals surface area contributed by atoms with Gasteiger partial charge in [-0.25, -0.2) is 13.1 Å². The van der Waals surface area contributed by atoms with Crippen LogP contribution >= 0.6 is 0 Å². The zero-order chi connectivity index (χ0) is 19.7. The predicted molar refractivity (Wildman–Crippen MR) is 112 cm³/mol. The molecular weight excluding hydrogens is 372 g/mol. The van der Waals surface area contributed by atoms with Gasteiger partial charge in [0.15, 0.2) is 0 Å². The second kappa shape index (κ2) is 8.40. The number of nitrogens with zero attached hydrogens (tertiary/aromatic N) is 3. The van der Waals surface area contributed by atoms with Gasteiger partial charge in [0.05, 0.1) is 4.90 Å². The largest absolute Gasteiger partial charge is 0.304 e. The van der Waals surface area contributed by atoms with Crippen LogP contribution in [0.15, 0.2) is 29.2 Å². The minimum Gasteiger partial charge on any atom is -0.304 e. The van der Waals surface area contributed by atoms with Crippen LogP contribution in [-0.2, 0) is 10.0 Å². The summed E-state index contributed by atoms with van der Waals surface area (Å²) in [6, 6.07) is 7.42. The summed E-state index contributed by atoms with van der Waals surface area (Å²) in [4.78, 5) is 7.92. The van der Waals surface area contributed by atoms with Gasteiger partial charge >= 0.3 is 0 Å². The number of piperidine rings is 3. The topological polar surface area (TPSA) is 55.9 Å². The molecule has 1 aromatic carbocycles. The van der Waals surface area contributed by atoms with Crippen LogP contribution in [-0.4, -0.2) is 88.6 Å². The normalized spacial score (nSPS) is 31.9. The molecule has 4 fully saturated rings. The molecule has 156 valence electrons. The van der Waals surface area contributed by atoms with E-state index in [0.29, 0.717) is 17.5 Å². The molecule has 4 saturated heterocycles. The van der Waals surface area contributed by atoms with Crippen molar-refractivity contribution in [3.63, 3.8) is 0 Å². The van der Waals surface area contributed by atoms with Crippen LogP contribution in [0.2, 0.25) is 0 Å². The number of benzene rings is 1. The lowest BCUT2D eigenvalue weighted by atomic mass is 9.75. The zero-order valence-electron chi connectivity index (χ0n) is 17.2. The van der Waals surface area contributed by atoms with Gasteiger partial charge in [-0.05, 0) is 57.3 Å². The fourth-order valence-electron chi connectivity index (χ4n) is 5.04. The Hall–Kier alpha value is -0.990. The second-order valence-corrected chi connectivity index (χ2v) is 10.7. The van der Waals surface area contributed by atoms with Crippen LogP contribution in [0.1, 0.15) is 18.4 Å². The number of hydrogen-bond donors (Lipinski definition) is 1. The Labute approximate surface area is 169 Å². The second-order valence-electron chi connectivity index (χ2n) is 8.96. The van der Waals surface area contributed by atoms with Crippen molar-refractivity contribution in [2.24, 2.45) is 11.8 Å². The van der Waals surface area contributed by atoms with Gasteiger partial charge in [-0.1, -0.05) is 17.7 Å². The third-order valence-corrected chi connectivity index (χ3v) is 8.38. The molecule has 4 atom stereocenters. The van der Waals surface area contributed by atoms with Crippen molar-refractivity contribution in [2.45, 2.75) is 30.7 Å². The molecule has 2 bridgehead atoms. The van der Waals surface area contributed by atoms with Gasteiger partial charge in [0.1, 0.15) is 0 Å². The Morgan fingerprint density at radius 2 is 1.79 bits per heavy atom. The van der Waals surface area contributed by atoms with Crippen LogP contribution < -0.4 is 4.72 Å². The summed E-state index contributed by atoms with van der Waals surface area (Å²) < 4.78 is 28.1. The molecule has 7 heteroatoms. The first-order chi connectivity index (χ1) is 13.4. The molecule has 4 aliphatic heterocycles. The summed E-state index contributed by atoms with van der Waals surface area (Å²) in [5.41, 5.74) is 1.07. The van der Waals surface area contributed by atoms with Crippen molar-refractivity contribution in [2.75, 3.05) is 59.4 Å². The average Bonchev–Trinajstić information content (AvgIpc) is 2.69. The molecule has 28 heavy (non-hydrogen) atoms. The summed E-state index contributed by atoms with van der Waals surface area (Å²) in [7, 11) is -1.22. The average molecular weight is 407 g/mol. The molecule has 1 unspecified atom stereocenters.